The van der Waals surface area contributed by atoms with Crippen LogP contribution in [-0.2, 0) is 4.74 Å². The molecule has 52 valence electrons. The molecule has 0 aromatic heterocycles. The molecule has 0 spiro atoms. The van der Waals surface area contributed by atoms with Crippen molar-refractivity contribution in [3.8, 4) is 0 Å². The van der Waals surface area contributed by atoms with Crippen LogP contribution in [0.5, 0.6) is 0 Å². The standard InChI is InChI=1S/C6H11NOS/c1-3-4-5-7-6(9)8-2/h3H,1,4-5H2,2H3,(H,7,9). The molecule has 0 aliphatic carbocycles. The van der Waals surface area contributed by atoms with Gasteiger partial charge in [0.1, 0.15) is 0 Å². The van der Waals surface area contributed by atoms with E-state index in [1.165, 1.54) is 0 Å². The fraction of sp³-hybridized carbons (Fsp3) is 0.500. The second-order valence-electron chi connectivity index (χ2n) is 1.50. The molecule has 0 aliphatic rings. The van der Waals surface area contributed by atoms with Gasteiger partial charge >= 0.3 is 0 Å². The van der Waals surface area contributed by atoms with Crippen molar-refractivity contribution in [2.75, 3.05) is 13.7 Å². The minimum atomic E-state index is 0.442. The largest absolute Gasteiger partial charge is 0.474 e. The van der Waals surface area contributed by atoms with E-state index in [9.17, 15) is 0 Å². The Balaban J connectivity index is 3.06. The van der Waals surface area contributed by atoms with Crippen LogP contribution in [0.15, 0.2) is 12.7 Å². The number of methoxy groups -OCH3 is 1. The van der Waals surface area contributed by atoms with E-state index >= 15 is 0 Å². The summed E-state index contributed by atoms with van der Waals surface area (Å²) in [4.78, 5) is 0. The summed E-state index contributed by atoms with van der Waals surface area (Å²) >= 11 is 4.70. The third kappa shape index (κ3) is 5.30. The Hall–Kier alpha value is -0.570. The second-order valence-corrected chi connectivity index (χ2v) is 1.87. The maximum absolute atomic E-state index is 4.70. The SMILES string of the molecule is C=CCCNC(=S)OC. The molecular formula is C6H11NOS. The van der Waals surface area contributed by atoms with E-state index in [0.29, 0.717) is 5.17 Å². The van der Waals surface area contributed by atoms with Crippen molar-refractivity contribution in [2.24, 2.45) is 0 Å². The van der Waals surface area contributed by atoms with Gasteiger partial charge < -0.3 is 10.1 Å². The Morgan fingerprint density at radius 3 is 3.00 bits per heavy atom. The fourth-order valence-electron chi connectivity index (χ4n) is 0.348. The molecule has 0 fully saturated rings. The zero-order valence-electron chi connectivity index (χ0n) is 5.52. The van der Waals surface area contributed by atoms with E-state index in [4.69, 9.17) is 12.2 Å². The van der Waals surface area contributed by atoms with Crippen LogP contribution >= 0.6 is 12.2 Å². The molecule has 0 rings (SSSR count). The smallest absolute Gasteiger partial charge is 0.256 e. The lowest BCUT2D eigenvalue weighted by Gasteiger charge is -2.02. The van der Waals surface area contributed by atoms with Crippen LogP contribution in [-0.4, -0.2) is 18.8 Å². The average molecular weight is 145 g/mol. The van der Waals surface area contributed by atoms with Gasteiger partial charge in [-0.1, -0.05) is 6.08 Å². The lowest BCUT2D eigenvalue weighted by molar-refractivity contribution is 0.393. The average Bonchev–Trinajstić information content (AvgIpc) is 1.89. The van der Waals surface area contributed by atoms with Crippen LogP contribution in [0.2, 0.25) is 0 Å². The van der Waals surface area contributed by atoms with Gasteiger partial charge in [0.25, 0.3) is 5.17 Å². The van der Waals surface area contributed by atoms with Gasteiger partial charge in [-0.3, -0.25) is 0 Å². The van der Waals surface area contributed by atoms with E-state index in [1.807, 2.05) is 6.08 Å². The summed E-state index contributed by atoms with van der Waals surface area (Å²) in [5.74, 6) is 0. The molecule has 0 aromatic carbocycles. The number of ether oxygens (including phenoxy) is 1. The molecular weight excluding hydrogens is 134 g/mol. The Bertz CT molecular complexity index is 103. The number of nitrogens with one attached hydrogen (secondary N) is 1. The number of rotatable bonds is 3. The zero-order chi connectivity index (χ0) is 7.11. The summed E-state index contributed by atoms with van der Waals surface area (Å²) in [7, 11) is 1.54. The van der Waals surface area contributed by atoms with E-state index in [0.717, 1.165) is 13.0 Å². The molecule has 0 aliphatic heterocycles. The van der Waals surface area contributed by atoms with E-state index < -0.39 is 0 Å². The van der Waals surface area contributed by atoms with Crippen LogP contribution in [0, 0.1) is 0 Å². The first-order valence-corrected chi connectivity index (χ1v) is 3.14. The van der Waals surface area contributed by atoms with Crippen LogP contribution < -0.4 is 5.32 Å². The highest BCUT2D eigenvalue weighted by Gasteiger charge is 1.87. The molecule has 0 radical (unpaired) electrons. The minimum Gasteiger partial charge on any atom is -0.474 e. The van der Waals surface area contributed by atoms with Crippen molar-refractivity contribution in [2.45, 2.75) is 6.42 Å². The highest BCUT2D eigenvalue weighted by molar-refractivity contribution is 7.80. The van der Waals surface area contributed by atoms with Crippen molar-refractivity contribution in [1.29, 1.82) is 0 Å². The fourth-order valence-corrected chi connectivity index (χ4v) is 0.451. The summed E-state index contributed by atoms with van der Waals surface area (Å²) in [6.07, 6.45) is 2.73. The quantitative estimate of drug-likeness (QED) is 0.365. The van der Waals surface area contributed by atoms with Gasteiger partial charge in [0.2, 0.25) is 0 Å². The molecule has 0 aromatic rings. The number of hydrogen-bond acceptors (Lipinski definition) is 2. The third-order valence-electron chi connectivity index (χ3n) is 0.803. The molecule has 0 unspecified atom stereocenters. The van der Waals surface area contributed by atoms with Crippen LogP contribution in [0.25, 0.3) is 0 Å². The maximum Gasteiger partial charge on any atom is 0.256 e. The van der Waals surface area contributed by atoms with Crippen molar-refractivity contribution >= 4 is 17.4 Å². The molecule has 0 saturated carbocycles. The second kappa shape index (κ2) is 5.56. The van der Waals surface area contributed by atoms with Crippen LogP contribution in [0.3, 0.4) is 0 Å². The van der Waals surface area contributed by atoms with Crippen LogP contribution in [0.4, 0.5) is 0 Å². The summed E-state index contributed by atoms with van der Waals surface area (Å²) in [6.45, 7) is 4.36. The molecule has 1 N–H and O–H groups in total. The first kappa shape index (κ1) is 8.43. The monoisotopic (exact) mass is 145 g/mol. The van der Waals surface area contributed by atoms with Crippen LogP contribution in [0.1, 0.15) is 6.42 Å². The molecule has 0 saturated heterocycles. The van der Waals surface area contributed by atoms with Gasteiger partial charge in [-0.25, -0.2) is 0 Å². The van der Waals surface area contributed by atoms with Crippen molar-refractivity contribution in [1.82, 2.24) is 5.32 Å². The highest BCUT2D eigenvalue weighted by atomic mass is 32.1. The normalized spacial score (nSPS) is 8.11. The lowest BCUT2D eigenvalue weighted by Crippen LogP contribution is -2.23. The number of thiocarbonyl (C=S) groups is 1. The van der Waals surface area contributed by atoms with Gasteiger partial charge in [-0.2, -0.15) is 0 Å². The number of hydrogen-bond donors (Lipinski definition) is 1. The summed E-state index contributed by atoms with van der Waals surface area (Å²) < 4.78 is 4.68. The predicted molar refractivity (Wildman–Crippen MR) is 42.4 cm³/mol. The minimum absolute atomic E-state index is 0.442. The van der Waals surface area contributed by atoms with Gasteiger partial charge in [0, 0.05) is 6.54 Å². The molecule has 0 bridgehead atoms. The molecule has 0 amide bonds. The molecule has 9 heavy (non-hydrogen) atoms. The highest BCUT2D eigenvalue weighted by Crippen LogP contribution is 1.77. The Kier molecular flexibility index (Phi) is 5.21. The van der Waals surface area contributed by atoms with E-state index in [-0.39, 0.29) is 0 Å². The van der Waals surface area contributed by atoms with Gasteiger partial charge in [0.05, 0.1) is 7.11 Å². The predicted octanol–water partition coefficient (Wildman–Crippen LogP) is 1.08. The van der Waals surface area contributed by atoms with Gasteiger partial charge in [0.15, 0.2) is 0 Å². The Morgan fingerprint density at radius 2 is 2.56 bits per heavy atom. The Morgan fingerprint density at radius 1 is 1.89 bits per heavy atom. The molecule has 3 heteroatoms. The third-order valence-corrected chi connectivity index (χ3v) is 1.11. The van der Waals surface area contributed by atoms with Crippen molar-refractivity contribution < 1.29 is 4.74 Å². The van der Waals surface area contributed by atoms with E-state index in [2.05, 4.69) is 16.6 Å². The lowest BCUT2D eigenvalue weighted by atomic mass is 10.4. The molecule has 2 nitrogen and oxygen atoms in total. The zero-order valence-corrected chi connectivity index (χ0v) is 6.33. The first-order valence-electron chi connectivity index (χ1n) is 2.74. The van der Waals surface area contributed by atoms with E-state index in [1.54, 1.807) is 7.11 Å². The first-order chi connectivity index (χ1) is 4.31. The Labute approximate surface area is 60.9 Å². The van der Waals surface area contributed by atoms with Crippen molar-refractivity contribution in [3.63, 3.8) is 0 Å². The molecule has 0 atom stereocenters. The van der Waals surface area contributed by atoms with Crippen molar-refractivity contribution in [3.05, 3.63) is 12.7 Å². The summed E-state index contributed by atoms with van der Waals surface area (Å²) in [5.41, 5.74) is 0. The maximum atomic E-state index is 4.70. The topological polar surface area (TPSA) is 21.3 Å². The molecule has 0 heterocycles. The summed E-state index contributed by atoms with van der Waals surface area (Å²) in [6, 6.07) is 0. The van der Waals surface area contributed by atoms with Gasteiger partial charge in [-0.15, -0.1) is 6.58 Å². The summed E-state index contributed by atoms with van der Waals surface area (Å²) in [5, 5.41) is 3.31. The van der Waals surface area contributed by atoms with Gasteiger partial charge in [-0.05, 0) is 18.6 Å².